The fraction of sp³-hybridized carbons (Fsp3) is 0.0833. The Hall–Kier alpha value is -2.63. The fourth-order valence-corrected chi connectivity index (χ4v) is 1.18. The highest BCUT2D eigenvalue weighted by Crippen LogP contribution is 2.06. The van der Waals surface area contributed by atoms with Crippen molar-refractivity contribution in [1.29, 1.82) is 0 Å². The van der Waals surface area contributed by atoms with E-state index in [0.717, 1.165) is 6.08 Å². The number of hydrogen-bond acceptors (Lipinski definition) is 3. The van der Waals surface area contributed by atoms with Gasteiger partial charge in [0.25, 0.3) is 5.91 Å². The third-order valence-electron chi connectivity index (χ3n) is 2.01. The summed E-state index contributed by atoms with van der Waals surface area (Å²) >= 11 is 0. The maximum absolute atomic E-state index is 11.5. The van der Waals surface area contributed by atoms with E-state index in [1.807, 2.05) is 0 Å². The smallest absolute Gasteiger partial charge is 0.328 e. The molecule has 0 radical (unpaired) electrons. The Labute approximate surface area is 103 Å². The molecule has 94 valence electrons. The molecule has 0 fully saturated rings. The molecule has 0 aromatic heterocycles. The van der Waals surface area contributed by atoms with Crippen LogP contribution in [0, 0.1) is 0 Å². The minimum atomic E-state index is -1.04. The molecule has 0 unspecified atom stereocenters. The number of carbonyl (C=O) groups excluding carboxylic acids is 2. The predicted molar refractivity (Wildman–Crippen MR) is 64.6 cm³/mol. The van der Waals surface area contributed by atoms with Gasteiger partial charge in [0.05, 0.1) is 6.54 Å². The number of nitrogens with two attached hydrogens (primary N) is 1. The minimum absolute atomic E-state index is 0.223. The van der Waals surface area contributed by atoms with E-state index in [9.17, 15) is 14.4 Å². The summed E-state index contributed by atoms with van der Waals surface area (Å²) in [6.45, 7) is -0.223. The van der Waals surface area contributed by atoms with E-state index in [2.05, 4.69) is 5.32 Å². The first-order valence-electron chi connectivity index (χ1n) is 5.06. The summed E-state index contributed by atoms with van der Waals surface area (Å²) < 4.78 is 0. The molecule has 6 heteroatoms. The molecule has 0 bridgehead atoms. The van der Waals surface area contributed by atoms with Gasteiger partial charge < -0.3 is 16.2 Å². The minimum Gasteiger partial charge on any atom is -0.478 e. The number of rotatable bonds is 5. The van der Waals surface area contributed by atoms with Crippen molar-refractivity contribution >= 4 is 23.9 Å². The normalized spacial score (nSPS) is 10.2. The zero-order valence-corrected chi connectivity index (χ0v) is 9.42. The van der Waals surface area contributed by atoms with E-state index in [0.29, 0.717) is 11.1 Å². The average Bonchev–Trinajstić information content (AvgIpc) is 2.34. The SMILES string of the molecule is NC(=O)CNC(=O)c1ccc(/C=C/C(=O)O)cc1. The molecule has 0 saturated carbocycles. The summed E-state index contributed by atoms with van der Waals surface area (Å²) in [7, 11) is 0. The molecule has 1 rings (SSSR count). The van der Waals surface area contributed by atoms with Crippen molar-refractivity contribution in [3.63, 3.8) is 0 Å². The number of carbonyl (C=O) groups is 3. The zero-order valence-electron chi connectivity index (χ0n) is 9.42. The van der Waals surface area contributed by atoms with Crippen molar-refractivity contribution < 1.29 is 19.5 Å². The molecule has 0 heterocycles. The molecule has 0 atom stereocenters. The van der Waals surface area contributed by atoms with E-state index in [4.69, 9.17) is 10.8 Å². The Bertz CT molecular complexity index is 491. The summed E-state index contributed by atoms with van der Waals surface area (Å²) in [5.41, 5.74) is 5.91. The number of benzene rings is 1. The molecule has 2 amide bonds. The number of amides is 2. The van der Waals surface area contributed by atoms with Crippen LogP contribution in [-0.2, 0) is 9.59 Å². The second kappa shape index (κ2) is 6.19. The lowest BCUT2D eigenvalue weighted by Gasteiger charge is -2.02. The van der Waals surface area contributed by atoms with Gasteiger partial charge in [-0.1, -0.05) is 12.1 Å². The molecular formula is C12H12N2O4. The van der Waals surface area contributed by atoms with E-state index in [-0.39, 0.29) is 6.54 Å². The Balaban J connectivity index is 2.67. The van der Waals surface area contributed by atoms with Crippen molar-refractivity contribution in [3.8, 4) is 0 Å². The molecule has 6 nitrogen and oxygen atoms in total. The molecule has 4 N–H and O–H groups in total. The van der Waals surface area contributed by atoms with Gasteiger partial charge in [0.1, 0.15) is 0 Å². The van der Waals surface area contributed by atoms with Crippen molar-refractivity contribution in [2.75, 3.05) is 6.54 Å². The van der Waals surface area contributed by atoms with Crippen LogP contribution in [0.15, 0.2) is 30.3 Å². The Morgan fingerprint density at radius 2 is 1.83 bits per heavy atom. The number of carboxylic acid groups (broad SMARTS) is 1. The third kappa shape index (κ3) is 4.48. The second-order valence-corrected chi connectivity index (χ2v) is 3.44. The lowest BCUT2D eigenvalue weighted by atomic mass is 10.1. The van der Waals surface area contributed by atoms with Crippen molar-refractivity contribution in [2.24, 2.45) is 5.73 Å². The molecule has 0 aliphatic heterocycles. The first-order chi connectivity index (χ1) is 8.49. The molecule has 1 aromatic carbocycles. The lowest BCUT2D eigenvalue weighted by molar-refractivity contribution is -0.131. The number of aliphatic carboxylic acids is 1. The zero-order chi connectivity index (χ0) is 13.5. The maximum atomic E-state index is 11.5. The summed E-state index contributed by atoms with van der Waals surface area (Å²) in [5.74, 6) is -2.08. The summed E-state index contributed by atoms with van der Waals surface area (Å²) in [4.78, 5) is 32.3. The summed E-state index contributed by atoms with van der Waals surface area (Å²) in [6.07, 6.45) is 2.41. The molecule has 18 heavy (non-hydrogen) atoms. The van der Waals surface area contributed by atoms with Gasteiger partial charge >= 0.3 is 5.97 Å². The standard InChI is InChI=1S/C12H12N2O4/c13-10(15)7-14-12(18)9-4-1-8(2-5-9)3-6-11(16)17/h1-6H,7H2,(H2,13,15)(H,14,18)(H,16,17)/b6-3+. The second-order valence-electron chi connectivity index (χ2n) is 3.44. The van der Waals surface area contributed by atoms with E-state index in [1.165, 1.54) is 18.2 Å². The quantitative estimate of drug-likeness (QED) is 0.637. The molecular weight excluding hydrogens is 236 g/mol. The lowest BCUT2D eigenvalue weighted by Crippen LogP contribution is -2.33. The summed E-state index contributed by atoms with van der Waals surface area (Å²) in [6, 6.07) is 6.24. The van der Waals surface area contributed by atoms with Crippen LogP contribution in [0.3, 0.4) is 0 Å². The van der Waals surface area contributed by atoms with Crippen LogP contribution < -0.4 is 11.1 Å². The molecule has 0 saturated heterocycles. The Morgan fingerprint density at radius 3 is 2.33 bits per heavy atom. The van der Waals surface area contributed by atoms with Gasteiger partial charge in [0, 0.05) is 11.6 Å². The predicted octanol–water partition coefficient (Wildman–Crippen LogP) is -0.000500. The number of nitrogens with one attached hydrogen (secondary N) is 1. The topological polar surface area (TPSA) is 109 Å². The first kappa shape index (κ1) is 13.4. The summed E-state index contributed by atoms with van der Waals surface area (Å²) in [5, 5.41) is 10.8. The highest BCUT2D eigenvalue weighted by molar-refractivity contribution is 5.96. The van der Waals surface area contributed by atoms with Gasteiger partial charge in [-0.2, -0.15) is 0 Å². The van der Waals surface area contributed by atoms with Crippen molar-refractivity contribution in [1.82, 2.24) is 5.32 Å². The van der Waals surface area contributed by atoms with Crippen LogP contribution in [-0.4, -0.2) is 29.4 Å². The molecule has 0 aliphatic carbocycles. The van der Waals surface area contributed by atoms with Crippen LogP contribution in [0.5, 0.6) is 0 Å². The highest BCUT2D eigenvalue weighted by atomic mass is 16.4. The van der Waals surface area contributed by atoms with Crippen LogP contribution in [0.1, 0.15) is 15.9 Å². The number of primary amides is 1. The van der Waals surface area contributed by atoms with Crippen LogP contribution in [0.2, 0.25) is 0 Å². The largest absolute Gasteiger partial charge is 0.478 e. The van der Waals surface area contributed by atoms with Gasteiger partial charge in [0.2, 0.25) is 5.91 Å². The van der Waals surface area contributed by atoms with Gasteiger partial charge in [-0.15, -0.1) is 0 Å². The first-order valence-corrected chi connectivity index (χ1v) is 5.06. The van der Waals surface area contributed by atoms with E-state index >= 15 is 0 Å². The molecule has 0 spiro atoms. The average molecular weight is 248 g/mol. The van der Waals surface area contributed by atoms with Crippen LogP contribution in [0.4, 0.5) is 0 Å². The van der Waals surface area contributed by atoms with Gasteiger partial charge in [-0.25, -0.2) is 4.79 Å². The fourth-order valence-electron chi connectivity index (χ4n) is 1.18. The molecule has 0 aliphatic rings. The number of carboxylic acids is 1. The van der Waals surface area contributed by atoms with E-state index < -0.39 is 17.8 Å². The van der Waals surface area contributed by atoms with E-state index in [1.54, 1.807) is 12.1 Å². The van der Waals surface area contributed by atoms with Gasteiger partial charge in [0.15, 0.2) is 0 Å². The highest BCUT2D eigenvalue weighted by Gasteiger charge is 2.05. The monoisotopic (exact) mass is 248 g/mol. The number of hydrogen-bond donors (Lipinski definition) is 3. The van der Waals surface area contributed by atoms with Gasteiger partial charge in [-0.3, -0.25) is 9.59 Å². The van der Waals surface area contributed by atoms with Gasteiger partial charge in [-0.05, 0) is 23.8 Å². The van der Waals surface area contributed by atoms with Crippen LogP contribution >= 0.6 is 0 Å². The molecule has 1 aromatic rings. The Morgan fingerprint density at radius 1 is 1.22 bits per heavy atom. The third-order valence-corrected chi connectivity index (χ3v) is 2.01. The van der Waals surface area contributed by atoms with Crippen molar-refractivity contribution in [3.05, 3.63) is 41.5 Å². The maximum Gasteiger partial charge on any atom is 0.328 e. The van der Waals surface area contributed by atoms with Crippen LogP contribution in [0.25, 0.3) is 6.08 Å². The Kier molecular flexibility index (Phi) is 4.62. The van der Waals surface area contributed by atoms with Crippen molar-refractivity contribution in [2.45, 2.75) is 0 Å².